The minimum Gasteiger partial charge on any atom is -0.354 e. The number of pyridine rings is 1. The fraction of sp³-hybridized carbons (Fsp3) is 0.333. The van der Waals surface area contributed by atoms with E-state index in [1.807, 2.05) is 18.2 Å². The third kappa shape index (κ3) is 2.98. The van der Waals surface area contributed by atoms with E-state index in [9.17, 15) is 9.59 Å². The van der Waals surface area contributed by atoms with Crippen molar-refractivity contribution in [1.82, 2.24) is 20.1 Å². The molecule has 7 heteroatoms. The highest BCUT2D eigenvalue weighted by atomic mass is 16.2. The van der Waals surface area contributed by atoms with Gasteiger partial charge in [-0.2, -0.15) is 5.10 Å². The third-order valence-electron chi connectivity index (χ3n) is 3.69. The molecule has 0 radical (unpaired) electrons. The number of aryl methyl sites for hydroxylation is 1. The molecule has 114 valence electrons. The molecule has 1 unspecified atom stereocenters. The number of carbonyl (C=O) groups is 1. The second-order valence-corrected chi connectivity index (χ2v) is 5.27. The van der Waals surface area contributed by atoms with E-state index in [2.05, 4.69) is 20.3 Å². The van der Waals surface area contributed by atoms with Gasteiger partial charge in [0.15, 0.2) is 0 Å². The molecular weight excluding hydrogens is 282 g/mol. The highest BCUT2D eigenvalue weighted by Gasteiger charge is 2.25. The average Bonchev–Trinajstić information content (AvgIpc) is 2.99. The summed E-state index contributed by atoms with van der Waals surface area (Å²) in [5, 5.41) is 6.91. The summed E-state index contributed by atoms with van der Waals surface area (Å²) in [7, 11) is 1.53. The van der Waals surface area contributed by atoms with Crippen molar-refractivity contribution in [2.24, 2.45) is 7.05 Å². The van der Waals surface area contributed by atoms with Gasteiger partial charge in [-0.3, -0.25) is 9.59 Å². The zero-order chi connectivity index (χ0) is 15.5. The Morgan fingerprint density at radius 3 is 2.91 bits per heavy atom. The zero-order valence-corrected chi connectivity index (χ0v) is 12.3. The lowest BCUT2D eigenvalue weighted by atomic mass is 10.2. The molecule has 3 rings (SSSR count). The normalized spacial score (nSPS) is 17.5. The SMILES string of the molecule is Cn1nc(C(=O)NC2CCN(c3ccccn3)C2)ccc1=O. The van der Waals surface area contributed by atoms with Crippen molar-refractivity contribution in [1.29, 1.82) is 0 Å². The van der Waals surface area contributed by atoms with Gasteiger partial charge in [0.2, 0.25) is 0 Å². The first-order valence-electron chi connectivity index (χ1n) is 7.15. The van der Waals surface area contributed by atoms with Gasteiger partial charge >= 0.3 is 0 Å². The Morgan fingerprint density at radius 1 is 1.32 bits per heavy atom. The molecule has 2 aromatic rings. The van der Waals surface area contributed by atoms with Crippen LogP contribution in [0.2, 0.25) is 0 Å². The van der Waals surface area contributed by atoms with Gasteiger partial charge in [-0.05, 0) is 24.6 Å². The van der Waals surface area contributed by atoms with Crippen LogP contribution < -0.4 is 15.8 Å². The monoisotopic (exact) mass is 299 g/mol. The number of rotatable bonds is 3. The Labute approximate surface area is 127 Å². The molecule has 1 saturated heterocycles. The van der Waals surface area contributed by atoms with E-state index in [0.717, 1.165) is 23.5 Å². The van der Waals surface area contributed by atoms with Crippen LogP contribution >= 0.6 is 0 Å². The molecular formula is C15H17N5O2. The van der Waals surface area contributed by atoms with Crippen LogP contribution in [0.25, 0.3) is 0 Å². The molecule has 0 aromatic carbocycles. The molecule has 3 heterocycles. The Kier molecular flexibility index (Phi) is 3.86. The smallest absolute Gasteiger partial charge is 0.272 e. The van der Waals surface area contributed by atoms with Gasteiger partial charge < -0.3 is 10.2 Å². The third-order valence-corrected chi connectivity index (χ3v) is 3.69. The van der Waals surface area contributed by atoms with E-state index in [1.54, 1.807) is 6.20 Å². The van der Waals surface area contributed by atoms with E-state index in [-0.39, 0.29) is 23.2 Å². The fourth-order valence-corrected chi connectivity index (χ4v) is 2.51. The summed E-state index contributed by atoms with van der Waals surface area (Å²) in [6, 6.07) is 8.62. The van der Waals surface area contributed by atoms with Crippen molar-refractivity contribution >= 4 is 11.7 Å². The lowest BCUT2D eigenvalue weighted by molar-refractivity contribution is 0.0933. The highest BCUT2D eigenvalue weighted by molar-refractivity contribution is 5.92. The van der Waals surface area contributed by atoms with Crippen LogP contribution in [-0.4, -0.2) is 39.8 Å². The fourth-order valence-electron chi connectivity index (χ4n) is 2.51. The largest absolute Gasteiger partial charge is 0.354 e. The van der Waals surface area contributed by atoms with Gasteiger partial charge in [0.1, 0.15) is 11.5 Å². The summed E-state index contributed by atoms with van der Waals surface area (Å²) in [5.41, 5.74) is 0.0112. The number of anilines is 1. The molecule has 1 aliphatic heterocycles. The number of nitrogens with zero attached hydrogens (tertiary/aromatic N) is 4. The Balaban J connectivity index is 1.63. The first-order chi connectivity index (χ1) is 10.6. The lowest BCUT2D eigenvalue weighted by Gasteiger charge is -2.17. The molecule has 1 N–H and O–H groups in total. The lowest BCUT2D eigenvalue weighted by Crippen LogP contribution is -2.38. The van der Waals surface area contributed by atoms with Crippen molar-refractivity contribution in [2.75, 3.05) is 18.0 Å². The Morgan fingerprint density at radius 2 is 2.18 bits per heavy atom. The van der Waals surface area contributed by atoms with E-state index >= 15 is 0 Å². The van der Waals surface area contributed by atoms with Crippen LogP contribution in [0.15, 0.2) is 41.3 Å². The number of carbonyl (C=O) groups excluding carboxylic acids is 1. The maximum Gasteiger partial charge on any atom is 0.272 e. The molecule has 0 saturated carbocycles. The van der Waals surface area contributed by atoms with Crippen molar-refractivity contribution in [2.45, 2.75) is 12.5 Å². The Hall–Kier alpha value is -2.70. The molecule has 1 atom stereocenters. The van der Waals surface area contributed by atoms with Gasteiger partial charge in [-0.1, -0.05) is 6.07 Å². The van der Waals surface area contributed by atoms with Crippen LogP contribution in [-0.2, 0) is 7.05 Å². The molecule has 0 aliphatic carbocycles. The van der Waals surface area contributed by atoms with E-state index < -0.39 is 0 Å². The number of amides is 1. The zero-order valence-electron chi connectivity index (χ0n) is 12.3. The minimum atomic E-state index is -0.261. The summed E-state index contributed by atoms with van der Waals surface area (Å²) in [4.78, 5) is 29.9. The predicted octanol–water partition coefficient (Wildman–Crippen LogP) is 0.184. The maximum atomic E-state index is 12.2. The van der Waals surface area contributed by atoms with Crippen LogP contribution in [0, 0.1) is 0 Å². The van der Waals surface area contributed by atoms with E-state index in [4.69, 9.17) is 0 Å². The second-order valence-electron chi connectivity index (χ2n) is 5.27. The van der Waals surface area contributed by atoms with Crippen molar-refractivity contribution in [3.8, 4) is 0 Å². The van der Waals surface area contributed by atoms with Crippen LogP contribution in [0.4, 0.5) is 5.82 Å². The Bertz CT molecular complexity index is 728. The molecule has 7 nitrogen and oxygen atoms in total. The maximum absolute atomic E-state index is 12.2. The van der Waals surface area contributed by atoms with Crippen LogP contribution in [0.5, 0.6) is 0 Å². The molecule has 1 amide bonds. The van der Waals surface area contributed by atoms with Gasteiger partial charge in [-0.25, -0.2) is 9.67 Å². The molecule has 1 aliphatic rings. The van der Waals surface area contributed by atoms with Crippen LogP contribution in [0.3, 0.4) is 0 Å². The minimum absolute atomic E-state index is 0.0496. The van der Waals surface area contributed by atoms with Gasteiger partial charge in [-0.15, -0.1) is 0 Å². The van der Waals surface area contributed by atoms with Gasteiger partial charge in [0, 0.05) is 38.4 Å². The summed E-state index contributed by atoms with van der Waals surface area (Å²) >= 11 is 0. The second kappa shape index (κ2) is 5.97. The molecule has 22 heavy (non-hydrogen) atoms. The molecule has 0 bridgehead atoms. The number of nitrogens with one attached hydrogen (secondary N) is 1. The molecule has 2 aromatic heterocycles. The number of hydrogen-bond acceptors (Lipinski definition) is 5. The quantitative estimate of drug-likeness (QED) is 0.875. The predicted molar refractivity (Wildman–Crippen MR) is 81.8 cm³/mol. The first kappa shape index (κ1) is 14.2. The average molecular weight is 299 g/mol. The summed E-state index contributed by atoms with van der Waals surface area (Å²) in [6.07, 6.45) is 2.61. The summed E-state index contributed by atoms with van der Waals surface area (Å²) in [5.74, 6) is 0.656. The number of aromatic nitrogens is 3. The standard InChI is InChI=1S/C15H17N5O2/c1-19-14(21)6-5-12(18-19)15(22)17-11-7-9-20(10-11)13-4-2-3-8-16-13/h2-6,8,11H,7,9-10H2,1H3,(H,17,22). The summed E-state index contributed by atoms with van der Waals surface area (Å²) < 4.78 is 1.16. The molecule has 0 spiro atoms. The van der Waals surface area contributed by atoms with Crippen molar-refractivity contribution in [3.05, 3.63) is 52.6 Å². The van der Waals surface area contributed by atoms with Crippen LogP contribution in [0.1, 0.15) is 16.9 Å². The van der Waals surface area contributed by atoms with Crippen molar-refractivity contribution < 1.29 is 4.79 Å². The van der Waals surface area contributed by atoms with E-state index in [0.29, 0.717) is 6.54 Å². The highest BCUT2D eigenvalue weighted by Crippen LogP contribution is 2.17. The molecule has 1 fully saturated rings. The number of hydrogen-bond donors (Lipinski definition) is 1. The first-order valence-corrected chi connectivity index (χ1v) is 7.15. The topological polar surface area (TPSA) is 80.1 Å². The van der Waals surface area contributed by atoms with E-state index in [1.165, 1.54) is 19.2 Å². The summed E-state index contributed by atoms with van der Waals surface area (Å²) in [6.45, 7) is 1.57. The van der Waals surface area contributed by atoms with Gasteiger partial charge in [0.05, 0.1) is 0 Å². The van der Waals surface area contributed by atoms with Gasteiger partial charge in [0.25, 0.3) is 11.5 Å². The van der Waals surface area contributed by atoms with Crippen molar-refractivity contribution in [3.63, 3.8) is 0 Å².